The van der Waals surface area contributed by atoms with Crippen LogP contribution in [-0.2, 0) is 39.8 Å². The summed E-state index contributed by atoms with van der Waals surface area (Å²) in [7, 11) is 3.47. The van der Waals surface area contributed by atoms with Gasteiger partial charge in [-0.05, 0) is 6.20 Å². The fraction of sp³-hybridized carbons (Fsp3) is 0.818. The Balaban J connectivity index is 6.16. The van der Waals surface area contributed by atoms with Crippen molar-refractivity contribution in [1.29, 1.82) is 0 Å². The number of hydrogen-bond acceptors (Lipinski definition) is 10. The molecule has 24 heavy (non-hydrogen) atoms. The van der Waals surface area contributed by atoms with Gasteiger partial charge in [0.1, 0.15) is 0 Å². The van der Waals surface area contributed by atoms with Gasteiger partial charge in [-0.2, -0.15) is 0 Å². The van der Waals surface area contributed by atoms with Gasteiger partial charge in [-0.1, -0.05) is 0 Å². The van der Waals surface area contributed by atoms with E-state index < -0.39 is 26.7 Å². The minimum atomic E-state index is -3.39. The van der Waals surface area contributed by atoms with Crippen LogP contribution in [0, 0.1) is 0 Å². The second kappa shape index (κ2) is 10.7. The molecule has 0 atom stereocenters. The van der Waals surface area contributed by atoms with Crippen molar-refractivity contribution < 1.29 is 39.8 Å². The maximum absolute atomic E-state index is 5.53. The van der Waals surface area contributed by atoms with Crippen LogP contribution >= 0.6 is 0 Å². The summed E-state index contributed by atoms with van der Waals surface area (Å²) in [6, 6.07) is 0. The van der Waals surface area contributed by atoms with Crippen molar-refractivity contribution in [3.05, 3.63) is 11.9 Å². The van der Waals surface area contributed by atoms with E-state index in [1.54, 1.807) is 16.1 Å². The summed E-state index contributed by atoms with van der Waals surface area (Å²) in [5, 5.41) is 0. The second-order valence-electron chi connectivity index (χ2n) is 4.17. The van der Waals surface area contributed by atoms with E-state index in [2.05, 4.69) is 0 Å². The molecule has 0 aromatic carbocycles. The van der Waals surface area contributed by atoms with Crippen LogP contribution in [0.5, 0.6) is 0 Å². The lowest BCUT2D eigenvalue weighted by atomic mass is 11.1. The number of hydrogen-bond donors (Lipinski definition) is 0. The summed E-state index contributed by atoms with van der Waals surface area (Å²) in [5.74, 6) is 0. The van der Waals surface area contributed by atoms with Gasteiger partial charge in [0.05, 0.1) is 0 Å². The van der Waals surface area contributed by atoms with Crippen molar-refractivity contribution in [3.8, 4) is 0 Å². The second-order valence-corrected chi connectivity index (χ2v) is 12.9. The van der Waals surface area contributed by atoms with E-state index in [1.165, 1.54) is 64.0 Å². The minimum Gasteiger partial charge on any atom is -0.374 e. The predicted octanol–water partition coefficient (Wildman–Crippen LogP) is -0.0310. The van der Waals surface area contributed by atoms with E-state index in [-0.39, 0.29) is 0 Å². The lowest BCUT2D eigenvalue weighted by molar-refractivity contribution is 0.0357. The Morgan fingerprint density at radius 2 is 0.792 bits per heavy atom. The standard InChI is InChI=1S/C11H29NO9Si3/c1-13-22(14-2,15-3)11-10-12(23(16-4,17-5)18-6)24(19-7,20-8)21-9/h10-11H,1-9H3. The first kappa shape index (κ1) is 23.8. The maximum atomic E-state index is 5.53. The first-order valence-electron chi connectivity index (χ1n) is 6.84. The summed E-state index contributed by atoms with van der Waals surface area (Å²) in [6.07, 6.45) is 1.59. The lowest BCUT2D eigenvalue weighted by Gasteiger charge is -2.41. The van der Waals surface area contributed by atoms with Crippen molar-refractivity contribution >= 4 is 26.7 Å². The molecule has 10 nitrogen and oxygen atoms in total. The first-order chi connectivity index (χ1) is 11.4. The van der Waals surface area contributed by atoms with Gasteiger partial charge in [-0.15, -0.1) is 0 Å². The molecule has 0 N–H and O–H groups in total. The van der Waals surface area contributed by atoms with Gasteiger partial charge in [0.25, 0.3) is 0 Å². The minimum absolute atomic E-state index is 1.47. The highest BCUT2D eigenvalue weighted by Crippen LogP contribution is 2.25. The van der Waals surface area contributed by atoms with Gasteiger partial charge >= 0.3 is 26.7 Å². The van der Waals surface area contributed by atoms with E-state index in [0.717, 1.165) is 0 Å². The van der Waals surface area contributed by atoms with Crippen LogP contribution < -0.4 is 0 Å². The molecule has 0 aliphatic rings. The molecule has 0 heterocycles. The van der Waals surface area contributed by atoms with Gasteiger partial charge in [0, 0.05) is 69.7 Å². The van der Waals surface area contributed by atoms with E-state index in [1.807, 2.05) is 0 Å². The van der Waals surface area contributed by atoms with Gasteiger partial charge in [0.15, 0.2) is 0 Å². The molecule has 0 saturated heterocycles. The Morgan fingerprint density at radius 3 is 1.00 bits per heavy atom. The number of nitrogens with zero attached hydrogens (tertiary/aromatic N) is 1. The van der Waals surface area contributed by atoms with Crippen LogP contribution in [0.1, 0.15) is 0 Å². The Labute approximate surface area is 147 Å². The van der Waals surface area contributed by atoms with Crippen LogP contribution in [0.25, 0.3) is 0 Å². The first-order valence-corrected chi connectivity index (χ1v) is 12.0. The third-order valence-electron chi connectivity index (χ3n) is 3.42. The van der Waals surface area contributed by atoms with Crippen LogP contribution in [0.2, 0.25) is 0 Å². The quantitative estimate of drug-likeness (QED) is 0.391. The summed E-state index contributed by atoms with van der Waals surface area (Å²) in [5.41, 5.74) is 1.63. The average Bonchev–Trinajstić information content (AvgIpc) is 2.66. The smallest absolute Gasteiger partial charge is 0.374 e. The molecule has 144 valence electrons. The molecule has 0 saturated carbocycles. The molecule has 0 spiro atoms. The molecular weight excluding hydrogens is 374 g/mol. The maximum Gasteiger partial charge on any atom is 0.629 e. The molecule has 13 heteroatoms. The third-order valence-corrected chi connectivity index (χ3v) is 11.9. The highest BCUT2D eigenvalue weighted by Gasteiger charge is 2.61. The predicted molar refractivity (Wildman–Crippen MR) is 91.3 cm³/mol. The normalized spacial score (nSPS) is 13.7. The van der Waals surface area contributed by atoms with Crippen molar-refractivity contribution in [1.82, 2.24) is 4.23 Å². The topological polar surface area (TPSA) is 86.3 Å². The summed E-state index contributed by atoms with van der Waals surface area (Å²) in [4.78, 5) is 0. The Kier molecular flexibility index (Phi) is 10.7. The van der Waals surface area contributed by atoms with E-state index in [9.17, 15) is 0 Å². The molecule has 0 amide bonds. The van der Waals surface area contributed by atoms with E-state index in [0.29, 0.717) is 0 Å². The van der Waals surface area contributed by atoms with Crippen LogP contribution in [0.4, 0.5) is 0 Å². The van der Waals surface area contributed by atoms with Gasteiger partial charge in [-0.3, -0.25) is 4.23 Å². The largest absolute Gasteiger partial charge is 0.629 e. The van der Waals surface area contributed by atoms with Crippen molar-refractivity contribution in [2.24, 2.45) is 0 Å². The molecule has 0 fully saturated rings. The Morgan fingerprint density at radius 1 is 0.500 bits per heavy atom. The van der Waals surface area contributed by atoms with Crippen LogP contribution in [0.3, 0.4) is 0 Å². The van der Waals surface area contributed by atoms with Crippen molar-refractivity contribution in [2.45, 2.75) is 0 Å². The Hall–Kier alpha value is -0.169. The molecule has 0 aromatic rings. The monoisotopic (exact) mass is 403 g/mol. The summed E-state index contributed by atoms with van der Waals surface area (Å²) in [6.45, 7) is 0. The zero-order chi connectivity index (χ0) is 18.9. The van der Waals surface area contributed by atoms with Crippen molar-refractivity contribution in [3.63, 3.8) is 0 Å². The molecule has 0 rings (SSSR count). The molecular formula is C11H29NO9Si3. The Bertz CT molecular complexity index is 331. The lowest BCUT2D eigenvalue weighted by Crippen LogP contribution is -2.71. The molecule has 0 bridgehead atoms. The van der Waals surface area contributed by atoms with Crippen LogP contribution in [-0.4, -0.2) is 95.0 Å². The van der Waals surface area contributed by atoms with Gasteiger partial charge < -0.3 is 39.8 Å². The van der Waals surface area contributed by atoms with E-state index in [4.69, 9.17) is 39.8 Å². The number of rotatable bonds is 13. The SMILES string of the molecule is CO[Si](C=CN([Si](OC)(OC)OC)[Si](OC)(OC)OC)(OC)OC. The fourth-order valence-corrected chi connectivity index (χ4v) is 9.28. The fourth-order valence-electron chi connectivity index (χ4n) is 2.06. The zero-order valence-electron chi connectivity index (χ0n) is 15.8. The molecule has 0 aliphatic carbocycles. The molecule has 0 unspecified atom stereocenters. The summed E-state index contributed by atoms with van der Waals surface area (Å²) < 4.78 is 50.9. The van der Waals surface area contributed by atoms with Gasteiger partial charge in [0.2, 0.25) is 0 Å². The molecule has 0 aliphatic heterocycles. The average molecular weight is 404 g/mol. The zero-order valence-corrected chi connectivity index (χ0v) is 18.8. The van der Waals surface area contributed by atoms with E-state index >= 15 is 0 Å². The highest BCUT2D eigenvalue weighted by atomic mass is 28.5. The third kappa shape index (κ3) is 4.71. The highest BCUT2D eigenvalue weighted by molar-refractivity contribution is 6.75. The summed E-state index contributed by atoms with van der Waals surface area (Å²) >= 11 is 0. The van der Waals surface area contributed by atoms with Gasteiger partial charge in [-0.25, -0.2) is 0 Å². The van der Waals surface area contributed by atoms with Crippen LogP contribution in [0.15, 0.2) is 11.9 Å². The molecule has 0 aromatic heterocycles. The van der Waals surface area contributed by atoms with Crippen molar-refractivity contribution in [2.75, 3.05) is 64.0 Å². The molecule has 0 radical (unpaired) electrons.